The first-order valence-electron chi connectivity index (χ1n) is 0.894. The van der Waals surface area contributed by atoms with E-state index in [1.165, 1.54) is 0 Å². The van der Waals surface area contributed by atoms with Gasteiger partial charge in [-0.25, -0.2) is 0 Å². The molecule has 0 heterocycles. The molecule has 9 heavy (non-hydrogen) atoms. The van der Waals surface area contributed by atoms with Gasteiger partial charge in [0, 0.05) is 19.5 Å². The number of hydrogen-bond donors (Lipinski definition) is 0. The third-order valence-electron chi connectivity index (χ3n) is 0. The molecule has 5 heteroatoms. The van der Waals surface area contributed by atoms with Gasteiger partial charge in [0.2, 0.25) is 0 Å². The molecule has 49 valence electrons. The number of hydrogen-bond acceptors (Lipinski definition) is 4. The molecule has 0 aliphatic rings. The van der Waals surface area contributed by atoms with E-state index in [2.05, 4.69) is 0 Å². The van der Waals surface area contributed by atoms with E-state index in [9.17, 15) is 0 Å². The first-order valence-corrected chi connectivity index (χ1v) is 0.894. The topological polar surface area (TPSA) is 95.2 Å². The Kier molecular flexibility index (Phi) is 560. The molecule has 0 aromatic heterocycles. The molecule has 0 aliphatic carbocycles. The van der Waals surface area contributed by atoms with E-state index in [0.717, 1.165) is 0 Å². The molecule has 0 aliphatic heterocycles. The van der Waals surface area contributed by atoms with Crippen molar-refractivity contribution in [2.24, 2.45) is 0 Å². The molecule has 0 aromatic carbocycles. The molecule has 0 unspecified atom stereocenters. The summed E-state index contributed by atoms with van der Waals surface area (Å²) in [5.41, 5.74) is 0. The van der Waals surface area contributed by atoms with Crippen molar-refractivity contribution in [2.75, 3.05) is 0 Å². The summed E-state index contributed by atoms with van der Waals surface area (Å²) in [6, 6.07) is 0. The molecule has 1 radical (unpaired) electrons. The molecule has 0 amide bonds. The molecule has 0 N–H and O–H groups in total. The van der Waals surface area contributed by atoms with Crippen LogP contribution in [0.4, 0.5) is 0 Å². The maximum Gasteiger partial charge on any atom is 0 e. The van der Waals surface area contributed by atoms with Crippen molar-refractivity contribution < 1.29 is 19.5 Å². The van der Waals surface area contributed by atoms with Crippen molar-refractivity contribution >= 4 is 0 Å². The number of rotatable bonds is 0. The zero-order valence-corrected chi connectivity index (χ0v) is 5.76. The molecule has 0 rings (SSSR count). The summed E-state index contributed by atoms with van der Waals surface area (Å²) in [7, 11) is 0. The van der Waals surface area contributed by atoms with E-state index >= 15 is 0 Å². The fraction of sp³-hybridized carbons (Fsp3) is 0. The first kappa shape index (κ1) is 49.2. The monoisotopic (exact) mass is 207 g/mol. The normalized spacial score (nSPS) is 0.889. The van der Waals surface area contributed by atoms with Crippen molar-refractivity contribution in [1.29, 1.82) is 21.0 Å². The molecule has 0 spiro atoms. The van der Waals surface area contributed by atoms with Gasteiger partial charge in [-0.2, -0.15) is 0 Å². The van der Waals surface area contributed by atoms with E-state index in [1.807, 2.05) is 0 Å². The van der Waals surface area contributed by atoms with Gasteiger partial charge in [-0.15, -0.1) is 0 Å². The number of nitrogens with zero attached hydrogens (tertiary/aromatic N) is 4. The van der Waals surface area contributed by atoms with Crippen LogP contribution in [-0.4, -0.2) is 0 Å². The van der Waals surface area contributed by atoms with Crippen LogP contribution in [0, 0.1) is 47.3 Å². The van der Waals surface area contributed by atoms with Crippen LogP contribution in [0.25, 0.3) is 0 Å². The molecule has 0 bridgehead atoms. The van der Waals surface area contributed by atoms with Gasteiger partial charge >= 0.3 is 0 Å². The van der Waals surface area contributed by atoms with E-state index in [4.69, 9.17) is 47.3 Å². The van der Waals surface area contributed by atoms with Crippen molar-refractivity contribution in [1.82, 2.24) is 0 Å². The summed E-state index contributed by atoms with van der Waals surface area (Å²) in [5, 5.41) is 25.0. The maximum absolute atomic E-state index is 6.25. The maximum atomic E-state index is 6.25. The Labute approximate surface area is 67.3 Å². The van der Waals surface area contributed by atoms with Gasteiger partial charge in [0.1, 0.15) is 0 Å². The van der Waals surface area contributed by atoms with Crippen LogP contribution in [0.1, 0.15) is 0 Å². The zero-order chi connectivity index (χ0) is 8.00. The van der Waals surface area contributed by atoms with Gasteiger partial charge in [-0.05, 0) is 0 Å². The van der Waals surface area contributed by atoms with Crippen LogP contribution >= 0.6 is 0 Å². The fourth-order valence-electron chi connectivity index (χ4n) is 0. The smallest absolute Gasteiger partial charge is 0 e. The third kappa shape index (κ3) is 68.9. The van der Waals surface area contributed by atoms with Crippen LogP contribution in [-0.2, 0) is 19.5 Å². The molecule has 0 fully saturated rings. The first-order chi connectivity index (χ1) is 4.00. The molecular formula is C4N4Rh-4. The van der Waals surface area contributed by atoms with Crippen molar-refractivity contribution in [3.05, 3.63) is 26.3 Å². The SMILES string of the molecule is [C-]#N.[C-]#N.[C-]#N.[C-]#N.[Rh]. The Morgan fingerprint density at radius 2 is 0.444 bits per heavy atom. The van der Waals surface area contributed by atoms with Crippen molar-refractivity contribution in [3.63, 3.8) is 0 Å². The second kappa shape index (κ2) is 102. The van der Waals surface area contributed by atoms with E-state index < -0.39 is 0 Å². The van der Waals surface area contributed by atoms with Gasteiger partial charge < -0.3 is 47.3 Å². The van der Waals surface area contributed by atoms with Gasteiger partial charge in [0.05, 0.1) is 0 Å². The van der Waals surface area contributed by atoms with E-state index in [-0.39, 0.29) is 19.5 Å². The average Bonchev–Trinajstić information content (AvgIpc) is 2.03. The predicted octanol–water partition coefficient (Wildman–Crippen LogP) is 0.383. The summed E-state index contributed by atoms with van der Waals surface area (Å²) < 4.78 is 0. The Bertz CT molecular complexity index is 55.5. The van der Waals surface area contributed by atoms with Gasteiger partial charge in [0.25, 0.3) is 0 Å². The molecule has 0 atom stereocenters. The second-order valence-corrected chi connectivity index (χ2v) is 0. The third-order valence-corrected chi connectivity index (χ3v) is 0. The van der Waals surface area contributed by atoms with E-state index in [0.29, 0.717) is 0 Å². The summed E-state index contributed by atoms with van der Waals surface area (Å²) in [6.45, 7) is 19.0. The summed E-state index contributed by atoms with van der Waals surface area (Å²) in [6.07, 6.45) is 0. The predicted molar refractivity (Wildman–Crippen MR) is 19.9 cm³/mol. The standard InChI is InChI=1S/4CN.Rh/c4*1-2;/q4*-1;. The summed E-state index contributed by atoms with van der Waals surface area (Å²) >= 11 is 0. The molecule has 0 aromatic rings. The van der Waals surface area contributed by atoms with Crippen molar-refractivity contribution in [2.45, 2.75) is 0 Å². The molecule has 0 saturated heterocycles. The Morgan fingerprint density at radius 1 is 0.444 bits per heavy atom. The zero-order valence-electron chi connectivity index (χ0n) is 4.12. The molecule has 0 saturated carbocycles. The summed E-state index contributed by atoms with van der Waals surface area (Å²) in [5.74, 6) is 0. The quantitative estimate of drug-likeness (QED) is 0.423. The van der Waals surface area contributed by atoms with Gasteiger partial charge in [-0.1, -0.05) is 0 Å². The van der Waals surface area contributed by atoms with Crippen LogP contribution in [0.5, 0.6) is 0 Å². The van der Waals surface area contributed by atoms with Crippen LogP contribution < -0.4 is 0 Å². The minimum Gasteiger partial charge on any atom is -0.512 e. The van der Waals surface area contributed by atoms with Gasteiger partial charge in [0.15, 0.2) is 0 Å². The average molecular weight is 207 g/mol. The van der Waals surface area contributed by atoms with Crippen LogP contribution in [0.15, 0.2) is 0 Å². The largest absolute Gasteiger partial charge is 0.512 e. The van der Waals surface area contributed by atoms with Crippen LogP contribution in [0.2, 0.25) is 0 Å². The minimum atomic E-state index is 0. The van der Waals surface area contributed by atoms with Gasteiger partial charge in [-0.3, -0.25) is 0 Å². The summed E-state index contributed by atoms with van der Waals surface area (Å²) in [4.78, 5) is 0. The fourth-order valence-corrected chi connectivity index (χ4v) is 0. The minimum absolute atomic E-state index is 0. The van der Waals surface area contributed by atoms with E-state index in [1.54, 1.807) is 0 Å². The molecular weight excluding hydrogens is 207 g/mol. The van der Waals surface area contributed by atoms with Crippen LogP contribution in [0.3, 0.4) is 0 Å². The Balaban J connectivity index is -0.00000000762. The van der Waals surface area contributed by atoms with Crippen molar-refractivity contribution in [3.8, 4) is 0 Å². The molecule has 4 nitrogen and oxygen atoms in total. The second-order valence-electron chi connectivity index (χ2n) is 0. The Morgan fingerprint density at radius 3 is 0.444 bits per heavy atom. The Hall–Kier alpha value is -1.42.